The molecule has 0 aliphatic heterocycles. The van der Waals surface area contributed by atoms with Gasteiger partial charge in [0, 0.05) is 6.20 Å². The van der Waals surface area contributed by atoms with Crippen molar-refractivity contribution in [3.8, 4) is 0 Å². The van der Waals surface area contributed by atoms with Gasteiger partial charge in [-0.05, 0) is 23.3 Å². The third kappa shape index (κ3) is 6.24. The summed E-state index contributed by atoms with van der Waals surface area (Å²) in [5.74, 6) is -2.52. The normalized spacial score (nSPS) is 11.7. The lowest BCUT2D eigenvalue weighted by Crippen LogP contribution is -2.44. The summed E-state index contributed by atoms with van der Waals surface area (Å²) in [7, 11) is 0. The largest absolute Gasteiger partial charge is 0.481 e. The van der Waals surface area contributed by atoms with E-state index < -0.39 is 42.7 Å². The minimum Gasteiger partial charge on any atom is -0.481 e. The van der Waals surface area contributed by atoms with Crippen LogP contribution in [0.5, 0.6) is 0 Å². The van der Waals surface area contributed by atoms with Gasteiger partial charge in [0.1, 0.15) is 11.9 Å². The van der Waals surface area contributed by atoms with Crippen LogP contribution in [0.4, 0.5) is 0 Å². The van der Waals surface area contributed by atoms with Gasteiger partial charge in [-0.15, -0.1) is 0 Å². The molecule has 3 N–H and O–H groups in total. The van der Waals surface area contributed by atoms with E-state index in [0.717, 1.165) is 16.3 Å². The number of esters is 1. The van der Waals surface area contributed by atoms with Crippen LogP contribution in [0.3, 0.4) is 0 Å². The average Bonchev–Trinajstić information content (AvgIpc) is 3.15. The Bertz CT molecular complexity index is 1150. The smallest absolute Gasteiger partial charge is 0.310 e. The summed E-state index contributed by atoms with van der Waals surface area (Å²) in [6.45, 7) is 1.09. The minimum atomic E-state index is -1.31. The molecule has 9 heteroatoms. The summed E-state index contributed by atoms with van der Waals surface area (Å²) in [5.41, 5.74) is 1.22. The van der Waals surface area contributed by atoms with Crippen molar-refractivity contribution in [1.82, 2.24) is 15.3 Å². The number of carboxylic acids is 1. The first kappa shape index (κ1) is 22.7. The highest BCUT2D eigenvalue weighted by molar-refractivity contribution is 5.94. The minimum absolute atomic E-state index is 0.0386. The first-order valence-electron chi connectivity index (χ1n) is 9.99. The van der Waals surface area contributed by atoms with Gasteiger partial charge >= 0.3 is 11.9 Å². The number of aromatic amines is 1. The van der Waals surface area contributed by atoms with Crippen LogP contribution in [0.25, 0.3) is 10.8 Å². The molecule has 9 nitrogen and oxygen atoms in total. The number of fused-ring (bicyclic) bond motifs is 1. The van der Waals surface area contributed by atoms with E-state index in [1.807, 2.05) is 36.4 Å². The number of carboxylic acid groups (broad SMARTS) is 1. The van der Waals surface area contributed by atoms with Crippen LogP contribution in [0.15, 0.2) is 48.7 Å². The second-order valence-electron chi connectivity index (χ2n) is 7.31. The lowest BCUT2D eigenvalue weighted by molar-refractivity contribution is -0.148. The van der Waals surface area contributed by atoms with Crippen molar-refractivity contribution in [2.24, 2.45) is 0 Å². The number of benzene rings is 2. The van der Waals surface area contributed by atoms with Crippen LogP contribution in [0, 0.1) is 6.92 Å². The Morgan fingerprint density at radius 1 is 1.09 bits per heavy atom. The van der Waals surface area contributed by atoms with E-state index in [-0.39, 0.29) is 12.8 Å². The van der Waals surface area contributed by atoms with Gasteiger partial charge in [0.25, 0.3) is 0 Å². The standard InChI is InChI=1S/C23H23N3O6/c1-14-24-12-17(25-14)10-21(28)26-19(11-22(29)30)20(27)13-32-23(31)9-16-7-4-6-15-5-2-3-8-18(15)16/h2-8,12,19H,9-11,13H2,1H3,(H,24,25)(H,26,28)(H,29,30). The van der Waals surface area contributed by atoms with Crippen LogP contribution in [0.2, 0.25) is 0 Å². The van der Waals surface area contributed by atoms with Crippen molar-refractivity contribution in [2.75, 3.05) is 6.61 Å². The van der Waals surface area contributed by atoms with Crippen molar-refractivity contribution in [1.29, 1.82) is 0 Å². The van der Waals surface area contributed by atoms with E-state index >= 15 is 0 Å². The molecule has 1 aromatic heterocycles. The molecule has 0 spiro atoms. The quantitative estimate of drug-likeness (QED) is 0.411. The van der Waals surface area contributed by atoms with E-state index in [1.165, 1.54) is 0 Å². The predicted octanol–water partition coefficient (Wildman–Crippen LogP) is 1.73. The third-order valence-corrected chi connectivity index (χ3v) is 4.79. The fraction of sp³-hybridized carbons (Fsp3) is 0.261. The Hall–Kier alpha value is -4.01. The number of imidazole rings is 1. The number of nitrogens with zero attached hydrogens (tertiary/aromatic N) is 1. The zero-order chi connectivity index (χ0) is 23.1. The van der Waals surface area contributed by atoms with Crippen molar-refractivity contribution in [2.45, 2.75) is 32.2 Å². The molecule has 0 fully saturated rings. The lowest BCUT2D eigenvalue weighted by atomic mass is 10.0. The van der Waals surface area contributed by atoms with Gasteiger partial charge in [-0.2, -0.15) is 0 Å². The number of ether oxygens (including phenoxy) is 1. The predicted molar refractivity (Wildman–Crippen MR) is 115 cm³/mol. The summed E-state index contributed by atoms with van der Waals surface area (Å²) in [4.78, 5) is 55.0. The number of H-pyrrole nitrogens is 1. The van der Waals surface area contributed by atoms with Crippen molar-refractivity contribution in [3.05, 3.63) is 65.7 Å². The number of amides is 1. The molecule has 0 saturated heterocycles. The SMILES string of the molecule is Cc1nc(CC(=O)NC(CC(=O)O)C(=O)COC(=O)Cc2cccc3ccccc23)c[nH]1. The summed E-state index contributed by atoms with van der Waals surface area (Å²) in [5, 5.41) is 13.4. The summed E-state index contributed by atoms with van der Waals surface area (Å²) >= 11 is 0. The molecule has 0 aliphatic carbocycles. The molecule has 3 aromatic rings. The molecule has 1 unspecified atom stereocenters. The number of Topliss-reactive ketones (excluding diaryl/α,β-unsaturated/α-hetero) is 1. The maximum absolute atomic E-state index is 12.5. The molecule has 3 rings (SSSR count). The lowest BCUT2D eigenvalue weighted by Gasteiger charge is -2.16. The van der Waals surface area contributed by atoms with Crippen molar-refractivity contribution in [3.63, 3.8) is 0 Å². The molecule has 166 valence electrons. The number of carbonyl (C=O) groups is 4. The third-order valence-electron chi connectivity index (χ3n) is 4.79. The summed E-state index contributed by atoms with van der Waals surface area (Å²) in [6.07, 6.45) is 0.779. The Balaban J connectivity index is 1.57. The Morgan fingerprint density at radius 2 is 1.84 bits per heavy atom. The monoisotopic (exact) mass is 437 g/mol. The highest BCUT2D eigenvalue weighted by atomic mass is 16.5. The Morgan fingerprint density at radius 3 is 2.56 bits per heavy atom. The second kappa shape index (κ2) is 10.3. The maximum atomic E-state index is 12.5. The van der Waals surface area contributed by atoms with Crippen LogP contribution in [-0.2, 0) is 36.8 Å². The molecule has 1 heterocycles. The highest BCUT2D eigenvalue weighted by Crippen LogP contribution is 2.19. The molecule has 0 aliphatic rings. The first-order chi connectivity index (χ1) is 15.3. The first-order valence-corrected chi connectivity index (χ1v) is 9.99. The highest BCUT2D eigenvalue weighted by Gasteiger charge is 2.25. The number of hydrogen-bond donors (Lipinski definition) is 3. The number of hydrogen-bond acceptors (Lipinski definition) is 6. The van der Waals surface area contributed by atoms with E-state index in [9.17, 15) is 19.2 Å². The van der Waals surface area contributed by atoms with Crippen LogP contribution in [-0.4, -0.2) is 51.4 Å². The van der Waals surface area contributed by atoms with E-state index in [1.54, 1.807) is 19.2 Å². The molecular formula is C23H23N3O6. The van der Waals surface area contributed by atoms with Gasteiger partial charge in [0.05, 0.1) is 25.0 Å². The van der Waals surface area contributed by atoms with Crippen LogP contribution >= 0.6 is 0 Å². The van der Waals surface area contributed by atoms with Gasteiger partial charge in [0.2, 0.25) is 5.91 Å². The van der Waals surface area contributed by atoms with Crippen molar-refractivity contribution >= 4 is 34.4 Å². The Labute approximate surface area is 183 Å². The number of carbonyl (C=O) groups excluding carboxylic acids is 3. The Kier molecular flexibility index (Phi) is 7.33. The topological polar surface area (TPSA) is 138 Å². The molecule has 0 saturated carbocycles. The molecule has 1 amide bonds. The van der Waals surface area contributed by atoms with Gasteiger partial charge in [-0.3, -0.25) is 19.2 Å². The number of aryl methyl sites for hydroxylation is 1. The summed E-state index contributed by atoms with van der Waals surface area (Å²) < 4.78 is 5.07. The van der Waals surface area contributed by atoms with Gasteiger partial charge in [0.15, 0.2) is 12.4 Å². The number of nitrogens with one attached hydrogen (secondary N) is 2. The van der Waals surface area contributed by atoms with Gasteiger partial charge in [-0.1, -0.05) is 42.5 Å². The van der Waals surface area contributed by atoms with E-state index in [0.29, 0.717) is 11.5 Å². The number of aromatic nitrogens is 2. The van der Waals surface area contributed by atoms with Crippen molar-refractivity contribution < 1.29 is 29.0 Å². The average molecular weight is 437 g/mol. The number of ketones is 1. The van der Waals surface area contributed by atoms with E-state index in [4.69, 9.17) is 9.84 Å². The van der Waals surface area contributed by atoms with E-state index in [2.05, 4.69) is 15.3 Å². The molecule has 2 aromatic carbocycles. The molecule has 32 heavy (non-hydrogen) atoms. The van der Waals surface area contributed by atoms with Crippen LogP contribution in [0.1, 0.15) is 23.5 Å². The fourth-order valence-corrected chi connectivity index (χ4v) is 3.29. The summed E-state index contributed by atoms with van der Waals surface area (Å²) in [6, 6.07) is 11.8. The zero-order valence-corrected chi connectivity index (χ0v) is 17.5. The zero-order valence-electron chi connectivity index (χ0n) is 17.5. The van der Waals surface area contributed by atoms with Gasteiger partial charge < -0.3 is 20.1 Å². The number of rotatable bonds is 10. The fourth-order valence-electron chi connectivity index (χ4n) is 3.29. The number of aliphatic carboxylic acids is 1. The molecule has 0 radical (unpaired) electrons. The maximum Gasteiger partial charge on any atom is 0.310 e. The van der Waals surface area contributed by atoms with Gasteiger partial charge in [-0.25, -0.2) is 4.98 Å². The second-order valence-corrected chi connectivity index (χ2v) is 7.31. The molecule has 0 bridgehead atoms. The molecular weight excluding hydrogens is 414 g/mol. The molecule has 1 atom stereocenters. The van der Waals surface area contributed by atoms with Crippen LogP contribution < -0.4 is 5.32 Å².